The molecule has 1 aliphatic heterocycles. The van der Waals surface area contributed by atoms with Gasteiger partial charge in [0.05, 0.1) is 25.9 Å². The monoisotopic (exact) mass is 414 g/mol. The van der Waals surface area contributed by atoms with Gasteiger partial charge in [0.15, 0.2) is 0 Å². The summed E-state index contributed by atoms with van der Waals surface area (Å²) < 4.78 is 36.9. The number of hydrogen-bond acceptors (Lipinski definition) is 8. The molecule has 1 fully saturated rings. The number of nitrogens with zero attached hydrogens (tertiary/aromatic N) is 1. The van der Waals surface area contributed by atoms with E-state index in [4.69, 9.17) is 13.7 Å². The van der Waals surface area contributed by atoms with Crippen LogP contribution in [0.4, 0.5) is 4.79 Å². The Morgan fingerprint density at radius 1 is 1.25 bits per heavy atom. The fourth-order valence-corrected chi connectivity index (χ4v) is 3.40. The van der Waals surface area contributed by atoms with E-state index >= 15 is 0 Å². The van der Waals surface area contributed by atoms with Crippen LogP contribution >= 0.6 is 0 Å². The van der Waals surface area contributed by atoms with Crippen molar-refractivity contribution in [3.05, 3.63) is 35.9 Å². The predicted octanol–water partition coefficient (Wildman–Crippen LogP) is 0.753. The standard InChI is InChI=1S/C18H26N2O7S/c1-25-17(21)15-12-20(10-11-27-28(2,23)24)9-8-16(15)19-18(22)26-13-14-6-4-3-5-7-14/h3-7,15-16H,8-13H2,1-2H3,(H,19,22)/t15-,16-/m1/s1. The highest BCUT2D eigenvalue weighted by molar-refractivity contribution is 7.85. The number of hydrogen-bond donors (Lipinski definition) is 1. The quantitative estimate of drug-likeness (QED) is 0.490. The molecular formula is C18H26N2O7S. The van der Waals surface area contributed by atoms with Crippen molar-refractivity contribution in [3.63, 3.8) is 0 Å². The molecule has 2 rings (SSSR count). The molecule has 1 N–H and O–H groups in total. The summed E-state index contributed by atoms with van der Waals surface area (Å²) in [6.45, 7) is 1.39. The Labute approximate surface area is 165 Å². The van der Waals surface area contributed by atoms with E-state index in [2.05, 4.69) is 5.32 Å². The lowest BCUT2D eigenvalue weighted by Crippen LogP contribution is -2.54. The van der Waals surface area contributed by atoms with E-state index in [1.54, 1.807) is 0 Å². The fourth-order valence-electron chi connectivity index (χ4n) is 3.02. The van der Waals surface area contributed by atoms with E-state index < -0.39 is 34.1 Å². The minimum atomic E-state index is -3.51. The third kappa shape index (κ3) is 7.45. The first-order valence-corrected chi connectivity index (χ1v) is 10.7. The first-order valence-electron chi connectivity index (χ1n) is 8.90. The van der Waals surface area contributed by atoms with E-state index in [-0.39, 0.29) is 13.2 Å². The minimum Gasteiger partial charge on any atom is -0.469 e. The Bertz CT molecular complexity index is 754. The van der Waals surface area contributed by atoms with Crippen molar-refractivity contribution in [2.45, 2.75) is 19.1 Å². The summed E-state index contributed by atoms with van der Waals surface area (Å²) in [6, 6.07) is 8.85. The smallest absolute Gasteiger partial charge is 0.407 e. The summed E-state index contributed by atoms with van der Waals surface area (Å²) in [5.74, 6) is -1.02. The van der Waals surface area contributed by atoms with Crippen molar-refractivity contribution < 1.29 is 31.7 Å². The third-order valence-electron chi connectivity index (χ3n) is 4.42. The molecule has 0 unspecified atom stereocenters. The van der Waals surface area contributed by atoms with Crippen LogP contribution in [-0.2, 0) is 35.2 Å². The molecule has 2 atom stereocenters. The second-order valence-electron chi connectivity index (χ2n) is 6.56. The number of piperidine rings is 1. The third-order valence-corrected chi connectivity index (χ3v) is 5.02. The average molecular weight is 414 g/mol. The molecule has 1 aromatic rings. The van der Waals surface area contributed by atoms with Crippen LogP contribution in [0, 0.1) is 5.92 Å². The second-order valence-corrected chi connectivity index (χ2v) is 8.20. The number of ether oxygens (including phenoxy) is 2. The number of methoxy groups -OCH3 is 1. The van der Waals surface area contributed by atoms with Gasteiger partial charge in [0.2, 0.25) is 0 Å². The van der Waals surface area contributed by atoms with Gasteiger partial charge in [-0.25, -0.2) is 4.79 Å². The van der Waals surface area contributed by atoms with Crippen molar-refractivity contribution >= 4 is 22.2 Å². The van der Waals surface area contributed by atoms with Crippen LogP contribution in [0.15, 0.2) is 30.3 Å². The van der Waals surface area contributed by atoms with Crippen molar-refractivity contribution in [2.24, 2.45) is 5.92 Å². The first kappa shape index (κ1) is 22.1. The Morgan fingerprint density at radius 3 is 2.61 bits per heavy atom. The number of likely N-dealkylation sites (tertiary alicyclic amines) is 1. The Morgan fingerprint density at radius 2 is 1.96 bits per heavy atom. The zero-order valence-electron chi connectivity index (χ0n) is 16.0. The van der Waals surface area contributed by atoms with Gasteiger partial charge in [-0.3, -0.25) is 13.9 Å². The normalized spacial score (nSPS) is 20.4. The van der Waals surface area contributed by atoms with Crippen LogP contribution < -0.4 is 5.32 Å². The largest absolute Gasteiger partial charge is 0.469 e. The maximum atomic E-state index is 12.1. The van der Waals surface area contributed by atoms with E-state index in [0.717, 1.165) is 11.8 Å². The Hall–Kier alpha value is -2.17. The van der Waals surface area contributed by atoms with Crippen molar-refractivity contribution in [1.82, 2.24) is 10.2 Å². The maximum Gasteiger partial charge on any atom is 0.407 e. The summed E-state index contributed by atoms with van der Waals surface area (Å²) in [5.41, 5.74) is 0.864. The molecule has 1 aromatic carbocycles. The predicted molar refractivity (Wildman–Crippen MR) is 101 cm³/mol. The molecule has 9 nitrogen and oxygen atoms in total. The molecule has 156 valence electrons. The summed E-state index contributed by atoms with van der Waals surface area (Å²) in [7, 11) is -2.22. The molecule has 0 radical (unpaired) electrons. The van der Waals surface area contributed by atoms with Crippen LogP contribution in [0.5, 0.6) is 0 Å². The van der Waals surface area contributed by atoms with E-state index in [0.29, 0.717) is 26.1 Å². The SMILES string of the molecule is COC(=O)[C@@H]1CN(CCOS(C)(=O)=O)CC[C@H]1NC(=O)OCc1ccccc1. The molecule has 1 heterocycles. The summed E-state index contributed by atoms with van der Waals surface area (Å²) >= 11 is 0. The molecule has 28 heavy (non-hydrogen) atoms. The number of nitrogens with one attached hydrogen (secondary N) is 1. The van der Waals surface area contributed by atoms with Crippen molar-refractivity contribution in [3.8, 4) is 0 Å². The van der Waals surface area contributed by atoms with Crippen molar-refractivity contribution in [2.75, 3.05) is 39.6 Å². The van der Waals surface area contributed by atoms with Crippen LogP contribution in [-0.4, -0.2) is 71.0 Å². The molecule has 0 aliphatic carbocycles. The number of benzene rings is 1. The van der Waals surface area contributed by atoms with Crippen LogP contribution in [0.2, 0.25) is 0 Å². The van der Waals surface area contributed by atoms with Gasteiger partial charge >= 0.3 is 12.1 Å². The lowest BCUT2D eigenvalue weighted by molar-refractivity contribution is -0.148. The van der Waals surface area contributed by atoms with Crippen LogP contribution in [0.25, 0.3) is 0 Å². The highest BCUT2D eigenvalue weighted by Crippen LogP contribution is 2.19. The molecular weight excluding hydrogens is 388 g/mol. The molecule has 1 aliphatic rings. The highest BCUT2D eigenvalue weighted by Gasteiger charge is 2.36. The number of alkyl carbamates (subject to hydrolysis) is 1. The Kier molecular flexibility index (Phi) is 8.21. The molecule has 1 saturated heterocycles. The zero-order valence-corrected chi connectivity index (χ0v) is 16.8. The van der Waals surface area contributed by atoms with Gasteiger partial charge in [0.1, 0.15) is 6.61 Å². The van der Waals surface area contributed by atoms with Crippen LogP contribution in [0.1, 0.15) is 12.0 Å². The van der Waals surface area contributed by atoms with E-state index in [1.807, 2.05) is 35.2 Å². The molecule has 0 saturated carbocycles. The van der Waals surface area contributed by atoms with E-state index in [1.165, 1.54) is 7.11 Å². The number of carbonyl (C=O) groups is 2. The topological polar surface area (TPSA) is 111 Å². The lowest BCUT2D eigenvalue weighted by Gasteiger charge is -2.37. The van der Waals surface area contributed by atoms with Crippen LogP contribution in [0.3, 0.4) is 0 Å². The van der Waals surface area contributed by atoms with Gasteiger partial charge < -0.3 is 14.8 Å². The van der Waals surface area contributed by atoms with Gasteiger partial charge in [-0.2, -0.15) is 8.42 Å². The maximum absolute atomic E-state index is 12.1. The number of amides is 1. The molecule has 10 heteroatoms. The Balaban J connectivity index is 1.86. The summed E-state index contributed by atoms with van der Waals surface area (Å²) in [5, 5.41) is 2.74. The molecule has 1 amide bonds. The first-order chi connectivity index (χ1) is 13.3. The number of carbonyl (C=O) groups excluding carboxylic acids is 2. The second kappa shape index (κ2) is 10.4. The number of esters is 1. The average Bonchev–Trinajstić information content (AvgIpc) is 2.66. The van der Waals surface area contributed by atoms with Gasteiger partial charge in [0, 0.05) is 25.7 Å². The number of rotatable bonds is 8. The molecule has 0 spiro atoms. The lowest BCUT2D eigenvalue weighted by atomic mass is 9.92. The zero-order chi connectivity index (χ0) is 20.6. The molecule has 0 bridgehead atoms. The van der Waals surface area contributed by atoms with Gasteiger partial charge in [-0.15, -0.1) is 0 Å². The van der Waals surface area contributed by atoms with Gasteiger partial charge in [0.25, 0.3) is 10.1 Å². The summed E-state index contributed by atoms with van der Waals surface area (Å²) in [4.78, 5) is 26.2. The van der Waals surface area contributed by atoms with Gasteiger partial charge in [-0.05, 0) is 12.0 Å². The highest BCUT2D eigenvalue weighted by atomic mass is 32.2. The molecule has 0 aromatic heterocycles. The van der Waals surface area contributed by atoms with Crippen molar-refractivity contribution in [1.29, 1.82) is 0 Å². The van der Waals surface area contributed by atoms with Gasteiger partial charge in [-0.1, -0.05) is 30.3 Å². The minimum absolute atomic E-state index is 0.00391. The summed E-state index contributed by atoms with van der Waals surface area (Å²) in [6.07, 6.45) is 0.886. The van der Waals surface area contributed by atoms with E-state index in [9.17, 15) is 18.0 Å². The fraction of sp³-hybridized carbons (Fsp3) is 0.556.